The molecule has 0 amide bonds. The van der Waals surface area contributed by atoms with Gasteiger partial charge >= 0.3 is 7.12 Å². The number of ether oxygens (including phenoxy) is 1. The highest BCUT2D eigenvalue weighted by molar-refractivity contribution is 6.62. The highest BCUT2D eigenvalue weighted by atomic mass is 19.1. The molecule has 0 radical (unpaired) electrons. The molecule has 1 aromatic carbocycles. The van der Waals surface area contributed by atoms with Crippen LogP contribution >= 0.6 is 0 Å². The first kappa shape index (κ1) is 19.9. The van der Waals surface area contributed by atoms with E-state index in [0.717, 1.165) is 0 Å². The highest BCUT2D eigenvalue weighted by Gasteiger charge is 2.52. The summed E-state index contributed by atoms with van der Waals surface area (Å²) in [5, 5.41) is 0. The average Bonchev–Trinajstić information content (AvgIpc) is 2.75. The molecular formula is C20H26BFN4O3. The van der Waals surface area contributed by atoms with Crippen molar-refractivity contribution in [2.75, 3.05) is 17.2 Å². The maximum absolute atomic E-state index is 15.1. The van der Waals surface area contributed by atoms with Crippen molar-refractivity contribution >= 4 is 24.1 Å². The van der Waals surface area contributed by atoms with Gasteiger partial charge in [0.1, 0.15) is 24.1 Å². The summed E-state index contributed by atoms with van der Waals surface area (Å²) in [6.07, 6.45) is 1.24. The zero-order valence-electron chi connectivity index (χ0n) is 17.4. The molecule has 1 saturated heterocycles. The van der Waals surface area contributed by atoms with E-state index in [9.17, 15) is 0 Å². The van der Waals surface area contributed by atoms with Gasteiger partial charge in [-0.1, -0.05) is 6.07 Å². The van der Waals surface area contributed by atoms with Crippen molar-refractivity contribution in [2.45, 2.75) is 58.5 Å². The molecule has 0 bridgehead atoms. The number of nitrogen functional groups attached to an aromatic ring is 1. The van der Waals surface area contributed by atoms with Crippen molar-refractivity contribution in [3.63, 3.8) is 0 Å². The van der Waals surface area contributed by atoms with Crippen LogP contribution in [0, 0.1) is 5.82 Å². The summed E-state index contributed by atoms with van der Waals surface area (Å²) < 4.78 is 32.9. The van der Waals surface area contributed by atoms with Gasteiger partial charge in [-0.25, -0.2) is 14.4 Å². The summed E-state index contributed by atoms with van der Waals surface area (Å²) in [4.78, 5) is 10.2. The van der Waals surface area contributed by atoms with Gasteiger partial charge in [0.2, 0.25) is 5.88 Å². The molecule has 0 unspecified atom stereocenters. The lowest BCUT2D eigenvalue weighted by atomic mass is 9.78. The number of aromatic nitrogens is 2. The number of anilines is 2. The van der Waals surface area contributed by atoms with E-state index in [1.54, 1.807) is 6.07 Å². The smallest absolute Gasteiger partial charge is 0.472 e. The summed E-state index contributed by atoms with van der Waals surface area (Å²) in [7, 11) is -0.745. The van der Waals surface area contributed by atoms with Gasteiger partial charge in [0, 0.05) is 11.2 Å². The van der Waals surface area contributed by atoms with Gasteiger partial charge in [-0.2, -0.15) is 0 Å². The first-order chi connectivity index (χ1) is 13.6. The summed E-state index contributed by atoms with van der Waals surface area (Å²) in [5.41, 5.74) is 6.77. The minimum atomic E-state index is -0.745. The molecule has 2 aliphatic rings. The Kier molecular flexibility index (Phi) is 4.70. The van der Waals surface area contributed by atoms with Crippen LogP contribution in [-0.4, -0.2) is 40.9 Å². The van der Waals surface area contributed by atoms with E-state index in [1.165, 1.54) is 12.4 Å². The maximum atomic E-state index is 15.1. The van der Waals surface area contributed by atoms with Gasteiger partial charge in [-0.05, 0) is 46.8 Å². The van der Waals surface area contributed by atoms with Crippen molar-refractivity contribution in [2.24, 2.45) is 0 Å². The van der Waals surface area contributed by atoms with E-state index >= 15 is 4.39 Å². The molecule has 29 heavy (non-hydrogen) atoms. The molecule has 0 aliphatic carbocycles. The fourth-order valence-electron chi connectivity index (χ4n) is 3.52. The minimum absolute atomic E-state index is 0.142. The minimum Gasteiger partial charge on any atom is -0.472 e. The molecule has 2 N–H and O–H groups in total. The van der Waals surface area contributed by atoms with Crippen LogP contribution < -0.4 is 20.8 Å². The molecule has 3 heterocycles. The topological polar surface area (TPSA) is 82.7 Å². The Balaban J connectivity index is 1.62. The Labute approximate surface area is 170 Å². The molecule has 1 atom stereocenters. The van der Waals surface area contributed by atoms with E-state index in [0.29, 0.717) is 41.5 Å². The van der Waals surface area contributed by atoms with E-state index in [1.807, 2.05) is 45.6 Å². The SMILES string of the molecule is C[C@@H]1CN(c2ccc(B3OC(C)(C)C(C)(C)O3)c(F)c2)Cc2c(N)ncnc2O1. The summed E-state index contributed by atoms with van der Waals surface area (Å²) >= 11 is 0. The monoisotopic (exact) mass is 400 g/mol. The maximum Gasteiger partial charge on any atom is 0.497 e. The highest BCUT2D eigenvalue weighted by Crippen LogP contribution is 2.37. The third-order valence-corrected chi connectivity index (χ3v) is 5.93. The van der Waals surface area contributed by atoms with Crippen LogP contribution in [0.25, 0.3) is 0 Å². The van der Waals surface area contributed by atoms with Crippen LogP contribution in [0.4, 0.5) is 15.9 Å². The van der Waals surface area contributed by atoms with Gasteiger partial charge in [0.25, 0.3) is 0 Å². The lowest BCUT2D eigenvalue weighted by Crippen LogP contribution is -2.41. The predicted octanol–water partition coefficient (Wildman–Crippen LogP) is 2.28. The second-order valence-corrected chi connectivity index (χ2v) is 8.65. The number of halogens is 1. The Morgan fingerprint density at radius 2 is 1.86 bits per heavy atom. The first-order valence-electron chi connectivity index (χ1n) is 9.73. The molecule has 0 saturated carbocycles. The summed E-state index contributed by atoms with van der Waals surface area (Å²) in [6, 6.07) is 5.08. The molecule has 154 valence electrons. The molecule has 0 spiro atoms. The van der Waals surface area contributed by atoms with Crippen LogP contribution in [0.1, 0.15) is 40.2 Å². The number of nitrogens with two attached hydrogens (primary N) is 1. The molecular weight excluding hydrogens is 374 g/mol. The van der Waals surface area contributed by atoms with Crippen LogP contribution in [0.3, 0.4) is 0 Å². The van der Waals surface area contributed by atoms with E-state index in [2.05, 4.69) is 9.97 Å². The molecule has 2 aromatic rings. The number of fused-ring (bicyclic) bond motifs is 1. The molecule has 4 rings (SSSR count). The van der Waals surface area contributed by atoms with Crippen LogP contribution in [-0.2, 0) is 15.9 Å². The average molecular weight is 400 g/mol. The largest absolute Gasteiger partial charge is 0.497 e. The second-order valence-electron chi connectivity index (χ2n) is 8.65. The predicted molar refractivity (Wildman–Crippen MR) is 110 cm³/mol. The first-order valence-corrected chi connectivity index (χ1v) is 9.73. The third-order valence-electron chi connectivity index (χ3n) is 5.93. The number of rotatable bonds is 2. The number of benzene rings is 1. The van der Waals surface area contributed by atoms with Gasteiger partial charge in [0.05, 0.1) is 29.9 Å². The molecule has 1 aromatic heterocycles. The molecule has 9 heteroatoms. The second kappa shape index (κ2) is 6.85. The molecule has 2 aliphatic heterocycles. The van der Waals surface area contributed by atoms with Crippen molar-refractivity contribution in [3.8, 4) is 5.88 Å². The van der Waals surface area contributed by atoms with Gasteiger partial charge in [0.15, 0.2) is 0 Å². The Bertz CT molecular complexity index is 924. The van der Waals surface area contributed by atoms with E-state index in [-0.39, 0.29) is 11.9 Å². The quantitative estimate of drug-likeness (QED) is 0.775. The van der Waals surface area contributed by atoms with Crippen LogP contribution in [0.5, 0.6) is 5.88 Å². The van der Waals surface area contributed by atoms with Gasteiger partial charge in [-0.15, -0.1) is 0 Å². The lowest BCUT2D eigenvalue weighted by molar-refractivity contribution is 0.00578. The summed E-state index contributed by atoms with van der Waals surface area (Å²) in [6.45, 7) is 10.7. The lowest BCUT2D eigenvalue weighted by Gasteiger charge is -2.32. The normalized spacial score (nSPS) is 22.8. The van der Waals surface area contributed by atoms with Gasteiger partial charge in [-0.3, -0.25) is 0 Å². The Morgan fingerprint density at radius 3 is 2.52 bits per heavy atom. The fraction of sp³-hybridized carbons (Fsp3) is 0.500. The van der Waals surface area contributed by atoms with Crippen molar-refractivity contribution < 1.29 is 18.4 Å². The zero-order chi connectivity index (χ0) is 21.0. The number of hydrogen-bond acceptors (Lipinski definition) is 7. The zero-order valence-corrected chi connectivity index (χ0v) is 17.4. The fourth-order valence-corrected chi connectivity index (χ4v) is 3.52. The van der Waals surface area contributed by atoms with E-state index in [4.69, 9.17) is 19.8 Å². The van der Waals surface area contributed by atoms with Crippen molar-refractivity contribution in [1.29, 1.82) is 0 Å². The standard InChI is InChI=1S/C20H26BFN4O3/c1-12-9-26(10-14-17(23)24-11-25-18(14)27-12)13-6-7-15(16(22)8-13)21-28-19(2,3)20(4,5)29-21/h6-8,11-12H,9-10H2,1-5H3,(H2,23,24,25)/t12-/m1/s1. The Hall–Kier alpha value is -2.39. The van der Waals surface area contributed by atoms with Crippen molar-refractivity contribution in [3.05, 3.63) is 35.9 Å². The Morgan fingerprint density at radius 1 is 1.17 bits per heavy atom. The number of nitrogens with zero attached hydrogens (tertiary/aromatic N) is 3. The molecule has 1 fully saturated rings. The van der Waals surface area contributed by atoms with E-state index < -0.39 is 18.3 Å². The summed E-state index contributed by atoms with van der Waals surface area (Å²) in [5.74, 6) is 0.460. The van der Waals surface area contributed by atoms with Crippen molar-refractivity contribution in [1.82, 2.24) is 9.97 Å². The number of hydrogen-bond donors (Lipinski definition) is 1. The van der Waals surface area contributed by atoms with Crippen LogP contribution in [0.15, 0.2) is 24.5 Å². The molecule has 7 nitrogen and oxygen atoms in total. The van der Waals surface area contributed by atoms with Crippen LogP contribution in [0.2, 0.25) is 0 Å². The third kappa shape index (κ3) is 3.53. The van der Waals surface area contributed by atoms with Gasteiger partial charge < -0.3 is 24.7 Å².